The fourth-order valence-corrected chi connectivity index (χ4v) is 5.13. The van der Waals surface area contributed by atoms with Gasteiger partial charge >= 0.3 is 0 Å². The standard InChI is InChI=1S/C31H17Cl3N4O3/c32-22-9-10-27-21(13-22)14-28(41-27)30-37-26-8-4-3-7-23(26)31(39)38(30)36-16-18-11-24(33)29(25(34)12-18)40-17-20-6-2-1-5-19(20)15-35/h1-14,16H,17H2. The average Bonchev–Trinajstić information content (AvgIpc) is 3.39. The molecule has 6 rings (SSSR count). The highest BCUT2D eigenvalue weighted by atomic mass is 35.5. The van der Waals surface area contributed by atoms with E-state index in [9.17, 15) is 10.1 Å². The van der Waals surface area contributed by atoms with Crippen molar-refractivity contribution < 1.29 is 9.15 Å². The van der Waals surface area contributed by atoms with Crippen LogP contribution in [0.2, 0.25) is 15.1 Å². The second-order valence-electron chi connectivity index (χ2n) is 8.98. The van der Waals surface area contributed by atoms with Gasteiger partial charge in [-0.25, -0.2) is 4.98 Å². The minimum Gasteiger partial charge on any atom is -0.486 e. The molecule has 0 spiro atoms. The molecule has 0 radical (unpaired) electrons. The quantitative estimate of drug-likeness (QED) is 0.180. The minimum absolute atomic E-state index is 0.112. The van der Waals surface area contributed by atoms with Crippen molar-refractivity contribution in [3.63, 3.8) is 0 Å². The number of furan rings is 1. The van der Waals surface area contributed by atoms with Crippen LogP contribution in [0.4, 0.5) is 0 Å². The molecule has 2 aromatic heterocycles. The molecule has 6 aromatic rings. The van der Waals surface area contributed by atoms with Gasteiger partial charge in [-0.15, -0.1) is 0 Å². The predicted octanol–water partition coefficient (Wildman–Crippen LogP) is 8.10. The lowest BCUT2D eigenvalue weighted by atomic mass is 10.1. The third-order valence-electron chi connectivity index (χ3n) is 6.31. The van der Waals surface area contributed by atoms with Crippen molar-refractivity contribution >= 4 is 62.9 Å². The Morgan fingerprint density at radius 1 is 0.976 bits per heavy atom. The van der Waals surface area contributed by atoms with Crippen molar-refractivity contribution in [3.05, 3.63) is 127 Å². The van der Waals surface area contributed by atoms with E-state index in [0.29, 0.717) is 44.0 Å². The first-order chi connectivity index (χ1) is 19.9. The van der Waals surface area contributed by atoms with E-state index in [-0.39, 0.29) is 33.8 Å². The zero-order valence-corrected chi connectivity index (χ0v) is 23.3. The number of nitrogens with zero attached hydrogens (tertiary/aromatic N) is 4. The summed E-state index contributed by atoms with van der Waals surface area (Å²) in [5, 5.41) is 16.0. The molecule has 0 aliphatic carbocycles. The summed E-state index contributed by atoms with van der Waals surface area (Å²) in [6.07, 6.45) is 1.45. The maximum Gasteiger partial charge on any atom is 0.282 e. The number of benzene rings is 4. The van der Waals surface area contributed by atoms with Gasteiger partial charge < -0.3 is 9.15 Å². The lowest BCUT2D eigenvalue weighted by Gasteiger charge is -2.12. The Kier molecular flexibility index (Phi) is 7.21. The third-order valence-corrected chi connectivity index (χ3v) is 7.10. The molecule has 41 heavy (non-hydrogen) atoms. The Morgan fingerprint density at radius 3 is 2.54 bits per heavy atom. The summed E-state index contributed by atoms with van der Waals surface area (Å²) in [5.74, 6) is 0.828. The number of rotatable bonds is 6. The zero-order chi connectivity index (χ0) is 28.5. The van der Waals surface area contributed by atoms with E-state index in [1.807, 2.05) is 6.07 Å². The van der Waals surface area contributed by atoms with Gasteiger partial charge in [0.1, 0.15) is 12.2 Å². The van der Waals surface area contributed by atoms with Crippen molar-refractivity contribution in [1.29, 1.82) is 5.26 Å². The molecule has 0 fully saturated rings. The minimum atomic E-state index is -0.381. The van der Waals surface area contributed by atoms with Crippen LogP contribution in [0.25, 0.3) is 33.5 Å². The van der Waals surface area contributed by atoms with E-state index in [4.69, 9.17) is 44.0 Å². The lowest BCUT2D eigenvalue weighted by Crippen LogP contribution is -2.20. The topological polar surface area (TPSA) is 93.4 Å². The van der Waals surface area contributed by atoms with Gasteiger partial charge in [-0.1, -0.05) is 65.1 Å². The van der Waals surface area contributed by atoms with Crippen LogP contribution in [0.5, 0.6) is 5.75 Å². The molecule has 0 aliphatic heterocycles. The monoisotopic (exact) mass is 598 g/mol. The molecule has 4 aromatic carbocycles. The van der Waals surface area contributed by atoms with Crippen molar-refractivity contribution in [2.45, 2.75) is 6.61 Å². The summed E-state index contributed by atoms with van der Waals surface area (Å²) in [7, 11) is 0. The smallest absolute Gasteiger partial charge is 0.282 e. The van der Waals surface area contributed by atoms with E-state index in [1.165, 1.54) is 10.9 Å². The lowest BCUT2D eigenvalue weighted by molar-refractivity contribution is 0.306. The maximum absolute atomic E-state index is 13.5. The molecular weight excluding hydrogens is 583 g/mol. The van der Waals surface area contributed by atoms with Crippen molar-refractivity contribution in [2.24, 2.45) is 5.10 Å². The Morgan fingerprint density at radius 2 is 1.73 bits per heavy atom. The first-order valence-corrected chi connectivity index (χ1v) is 13.4. The van der Waals surface area contributed by atoms with Gasteiger partial charge in [0.15, 0.2) is 11.5 Å². The SMILES string of the molecule is N#Cc1ccccc1COc1c(Cl)cc(C=Nn2c(-c3cc4cc(Cl)ccc4o3)nc3ccccc3c2=O)cc1Cl. The molecule has 7 nitrogen and oxygen atoms in total. The predicted molar refractivity (Wildman–Crippen MR) is 161 cm³/mol. The first kappa shape index (κ1) is 26.6. The molecule has 0 atom stereocenters. The van der Waals surface area contributed by atoms with Crippen molar-refractivity contribution in [1.82, 2.24) is 9.66 Å². The number of nitriles is 1. The van der Waals surface area contributed by atoms with Gasteiger partial charge in [-0.05, 0) is 60.2 Å². The Bertz CT molecular complexity index is 2070. The van der Waals surface area contributed by atoms with Gasteiger partial charge in [0, 0.05) is 16.0 Å². The normalized spacial score (nSPS) is 11.4. The number of ether oxygens (including phenoxy) is 1. The van der Waals surface area contributed by atoms with Crippen LogP contribution in [-0.4, -0.2) is 15.9 Å². The molecule has 200 valence electrons. The van der Waals surface area contributed by atoms with E-state index in [1.54, 1.807) is 78.9 Å². The summed E-state index contributed by atoms with van der Waals surface area (Å²) in [6, 6.07) is 26.5. The highest BCUT2D eigenvalue weighted by molar-refractivity contribution is 6.37. The highest BCUT2D eigenvalue weighted by Crippen LogP contribution is 2.35. The summed E-state index contributed by atoms with van der Waals surface area (Å²) in [4.78, 5) is 18.2. The van der Waals surface area contributed by atoms with Crippen LogP contribution in [0.1, 0.15) is 16.7 Å². The van der Waals surface area contributed by atoms with Crippen molar-refractivity contribution in [2.75, 3.05) is 0 Å². The second kappa shape index (κ2) is 11.1. The summed E-state index contributed by atoms with van der Waals surface area (Å²) in [6.45, 7) is 0.112. The maximum atomic E-state index is 13.5. The Labute approximate surface area is 248 Å². The molecule has 0 saturated heterocycles. The molecular formula is C31H17Cl3N4O3. The number of hydrogen-bond acceptors (Lipinski definition) is 6. The van der Waals surface area contributed by atoms with Gasteiger partial charge in [-0.3, -0.25) is 4.79 Å². The molecule has 0 saturated carbocycles. The van der Waals surface area contributed by atoms with Crippen LogP contribution in [-0.2, 0) is 6.61 Å². The van der Waals surface area contributed by atoms with E-state index >= 15 is 0 Å². The first-order valence-electron chi connectivity index (χ1n) is 12.3. The van der Waals surface area contributed by atoms with Crippen molar-refractivity contribution in [3.8, 4) is 23.4 Å². The van der Waals surface area contributed by atoms with E-state index < -0.39 is 0 Å². The summed E-state index contributed by atoms with van der Waals surface area (Å²) >= 11 is 19.2. The second-order valence-corrected chi connectivity index (χ2v) is 10.2. The van der Waals surface area contributed by atoms with E-state index in [0.717, 1.165) is 5.39 Å². The molecule has 0 amide bonds. The summed E-state index contributed by atoms with van der Waals surface area (Å²) < 4.78 is 13.0. The van der Waals surface area contributed by atoms with Gasteiger partial charge in [0.2, 0.25) is 5.82 Å². The number of aromatic nitrogens is 2. The molecule has 0 unspecified atom stereocenters. The number of halogens is 3. The van der Waals surface area contributed by atoms with Crippen LogP contribution in [0.3, 0.4) is 0 Å². The Balaban J connectivity index is 1.38. The largest absolute Gasteiger partial charge is 0.486 e. The average molecular weight is 600 g/mol. The molecule has 0 N–H and O–H groups in total. The Hall–Kier alpha value is -4.61. The molecule has 0 aliphatic rings. The van der Waals surface area contributed by atoms with Gasteiger partial charge in [0.25, 0.3) is 5.56 Å². The number of hydrogen-bond donors (Lipinski definition) is 0. The molecule has 0 bridgehead atoms. The van der Waals surface area contributed by atoms with Crippen LogP contribution < -0.4 is 10.3 Å². The summed E-state index contributed by atoms with van der Waals surface area (Å²) in [5.41, 5.74) is 2.44. The molecule has 2 heterocycles. The highest BCUT2D eigenvalue weighted by Gasteiger charge is 2.17. The fourth-order valence-electron chi connectivity index (χ4n) is 4.34. The zero-order valence-electron chi connectivity index (χ0n) is 21.0. The van der Waals surface area contributed by atoms with Crippen LogP contribution in [0, 0.1) is 11.3 Å². The van der Waals surface area contributed by atoms with Crippen LogP contribution in [0.15, 0.2) is 99.2 Å². The number of para-hydroxylation sites is 1. The van der Waals surface area contributed by atoms with Crippen LogP contribution >= 0.6 is 34.8 Å². The third kappa shape index (κ3) is 5.29. The van der Waals surface area contributed by atoms with Gasteiger partial charge in [-0.2, -0.15) is 15.0 Å². The van der Waals surface area contributed by atoms with Gasteiger partial charge in [0.05, 0.1) is 38.8 Å². The number of fused-ring (bicyclic) bond motifs is 2. The molecule has 10 heteroatoms. The fraction of sp³-hybridized carbons (Fsp3) is 0.0323. The van der Waals surface area contributed by atoms with E-state index in [2.05, 4.69) is 16.2 Å².